The number of hydrogen-bond donors (Lipinski definition) is 4. The summed E-state index contributed by atoms with van der Waals surface area (Å²) in [7, 11) is 0. The first-order valence-electron chi connectivity index (χ1n) is 13.8. The Morgan fingerprint density at radius 1 is 1.00 bits per heavy atom. The minimum atomic E-state index is -0.906. The first-order valence-corrected chi connectivity index (χ1v) is 13.8. The van der Waals surface area contributed by atoms with Crippen LogP contribution >= 0.6 is 0 Å². The van der Waals surface area contributed by atoms with E-state index in [0.29, 0.717) is 31.3 Å². The summed E-state index contributed by atoms with van der Waals surface area (Å²) in [6.45, 7) is 4.69. The van der Waals surface area contributed by atoms with Gasteiger partial charge in [-0.3, -0.25) is 10.1 Å². The number of esters is 1. The molecule has 9 heteroatoms. The van der Waals surface area contributed by atoms with Crippen molar-refractivity contribution >= 4 is 11.7 Å². The van der Waals surface area contributed by atoms with Gasteiger partial charge in [0.2, 0.25) is 0 Å². The summed E-state index contributed by atoms with van der Waals surface area (Å²) in [5.41, 5.74) is -0.523. The zero-order chi connectivity index (χ0) is 27.5. The second-order valence-electron chi connectivity index (χ2n) is 12.6. The Kier molecular flexibility index (Phi) is 6.85. The van der Waals surface area contributed by atoms with E-state index in [1.54, 1.807) is 6.08 Å². The van der Waals surface area contributed by atoms with E-state index in [1.165, 1.54) is 24.3 Å². The number of aliphatic hydroxyl groups excluding tert-OH is 2. The highest BCUT2D eigenvalue weighted by Crippen LogP contribution is 2.69. The Balaban J connectivity index is 0.000000249. The van der Waals surface area contributed by atoms with E-state index < -0.39 is 22.0 Å². The minimum absolute atomic E-state index is 0.00129. The maximum atomic E-state index is 12.1. The number of non-ortho nitro benzene ring substituents is 1. The van der Waals surface area contributed by atoms with Gasteiger partial charge in [-0.25, -0.2) is 4.79 Å². The molecule has 38 heavy (non-hydrogen) atoms. The number of aromatic hydroxyl groups is 1. The molecule has 0 amide bonds. The zero-order valence-corrected chi connectivity index (χ0v) is 22.1. The Hall–Kier alpha value is -2.49. The maximum Gasteiger partial charge on any atom is 0.331 e. The quantitative estimate of drug-likeness (QED) is 0.256. The summed E-state index contributed by atoms with van der Waals surface area (Å²) in [6.07, 6.45) is 7.69. The fraction of sp³-hybridized carbons (Fsp3) is 0.690. The Morgan fingerprint density at radius 3 is 2.34 bits per heavy atom. The molecule has 208 valence electrons. The lowest BCUT2D eigenvalue weighted by Gasteiger charge is -2.64. The van der Waals surface area contributed by atoms with E-state index in [9.17, 15) is 30.2 Å². The molecule has 4 N–H and O–H groups in total. The van der Waals surface area contributed by atoms with Crippen LogP contribution in [0.2, 0.25) is 0 Å². The van der Waals surface area contributed by atoms with Crippen molar-refractivity contribution in [2.45, 2.75) is 83.0 Å². The van der Waals surface area contributed by atoms with Crippen molar-refractivity contribution in [3.05, 3.63) is 46.0 Å². The molecule has 1 aliphatic heterocycles. The Labute approximate surface area is 222 Å². The van der Waals surface area contributed by atoms with Gasteiger partial charge in [0.05, 0.1) is 22.7 Å². The van der Waals surface area contributed by atoms with Crippen molar-refractivity contribution in [1.82, 2.24) is 0 Å². The van der Waals surface area contributed by atoms with E-state index in [2.05, 4.69) is 6.92 Å². The molecule has 0 saturated heterocycles. The van der Waals surface area contributed by atoms with Crippen LogP contribution < -0.4 is 0 Å². The number of ether oxygens (including phenoxy) is 1. The van der Waals surface area contributed by atoms with Crippen LogP contribution in [0.5, 0.6) is 5.75 Å². The third-order valence-electron chi connectivity index (χ3n) is 11.1. The van der Waals surface area contributed by atoms with Crippen LogP contribution in [0.25, 0.3) is 0 Å². The average molecular weight is 530 g/mol. The normalized spacial score (nSPS) is 43.5. The molecule has 0 aromatic heterocycles. The third kappa shape index (κ3) is 4.14. The molecule has 4 saturated carbocycles. The lowest BCUT2D eigenvalue weighted by atomic mass is 9.42. The summed E-state index contributed by atoms with van der Waals surface area (Å²) in [4.78, 5) is 21.2. The number of hydrogen-bond acceptors (Lipinski definition) is 8. The van der Waals surface area contributed by atoms with Gasteiger partial charge in [-0.2, -0.15) is 0 Å². The highest BCUT2D eigenvalue weighted by atomic mass is 16.6. The minimum Gasteiger partial charge on any atom is -0.508 e. The first kappa shape index (κ1) is 27.1. The largest absolute Gasteiger partial charge is 0.508 e. The van der Waals surface area contributed by atoms with Gasteiger partial charge in [0.15, 0.2) is 0 Å². The smallest absolute Gasteiger partial charge is 0.331 e. The number of phenols is 1. The van der Waals surface area contributed by atoms with Gasteiger partial charge in [-0.05, 0) is 98.2 Å². The number of carbonyl (C=O) groups is 1. The standard InChI is InChI=1S/C23H34O5.C6H5NO3/c1-21-7-5-15(24)10-14(21)3-4-17-18(21)11-19(25)22(2)16(6-8-23(17,22)27)13-9-20(26)28-12-13;8-6-3-1-5(2-4-6)7(9)10/h9,14-19,24-25,27H,3-8,10-12H2,1-2H3;1-4,8H/t14-,15+,16-,17-,18+,19-,21+,22+,23+;/m1./s1. The number of nitro benzene ring substituents is 1. The number of aliphatic hydroxyl groups is 3. The SMILES string of the molecule is C[C@]12CC[C@H](O)C[C@H]1CC[C@@H]1[C@@H]2C[C@@H](O)[C@]2(C)[C@@H](C3=CC(=O)OC3)CC[C@]12O.O=[N+]([O-])c1ccc(O)cc1. The highest BCUT2D eigenvalue weighted by Gasteiger charge is 2.70. The molecule has 0 radical (unpaired) electrons. The van der Waals surface area contributed by atoms with E-state index in [1.807, 2.05) is 6.92 Å². The molecule has 0 bridgehead atoms. The van der Waals surface area contributed by atoms with Gasteiger partial charge in [0, 0.05) is 23.6 Å². The van der Waals surface area contributed by atoms with Gasteiger partial charge in [-0.15, -0.1) is 0 Å². The van der Waals surface area contributed by atoms with E-state index >= 15 is 0 Å². The lowest BCUT2D eigenvalue weighted by Crippen LogP contribution is -2.67. The van der Waals surface area contributed by atoms with Crippen molar-refractivity contribution in [3.8, 4) is 5.75 Å². The van der Waals surface area contributed by atoms with Crippen molar-refractivity contribution < 1.29 is 34.9 Å². The monoisotopic (exact) mass is 529 g/mol. The van der Waals surface area contributed by atoms with Gasteiger partial charge in [-0.1, -0.05) is 13.8 Å². The van der Waals surface area contributed by atoms with Crippen LogP contribution in [0, 0.1) is 44.6 Å². The van der Waals surface area contributed by atoms with Crippen LogP contribution in [0.4, 0.5) is 5.69 Å². The fourth-order valence-electron chi connectivity index (χ4n) is 8.94. The number of benzene rings is 1. The summed E-state index contributed by atoms with van der Waals surface area (Å²) in [6, 6.07) is 5.04. The van der Waals surface area contributed by atoms with Crippen molar-refractivity contribution in [1.29, 1.82) is 0 Å². The summed E-state index contributed by atoms with van der Waals surface area (Å²) < 4.78 is 5.16. The van der Waals surface area contributed by atoms with Crippen molar-refractivity contribution in [3.63, 3.8) is 0 Å². The summed E-state index contributed by atoms with van der Waals surface area (Å²) >= 11 is 0. The van der Waals surface area contributed by atoms with Crippen LogP contribution in [0.3, 0.4) is 0 Å². The van der Waals surface area contributed by atoms with Crippen LogP contribution in [-0.4, -0.2) is 55.7 Å². The van der Waals surface area contributed by atoms with Crippen LogP contribution in [0.1, 0.15) is 65.2 Å². The third-order valence-corrected chi connectivity index (χ3v) is 11.1. The number of nitro groups is 1. The van der Waals surface area contributed by atoms with Gasteiger partial charge in [0.1, 0.15) is 12.4 Å². The molecular formula is C29H39NO8. The molecule has 0 spiro atoms. The Morgan fingerprint density at radius 2 is 1.71 bits per heavy atom. The molecular weight excluding hydrogens is 490 g/mol. The molecule has 6 rings (SSSR count). The lowest BCUT2D eigenvalue weighted by molar-refractivity contribution is -0.384. The van der Waals surface area contributed by atoms with Gasteiger partial charge in [0.25, 0.3) is 5.69 Å². The van der Waals surface area contributed by atoms with E-state index in [-0.39, 0.29) is 40.8 Å². The average Bonchev–Trinajstić information content (AvgIpc) is 3.42. The van der Waals surface area contributed by atoms with Gasteiger partial charge < -0.3 is 25.2 Å². The number of cyclic esters (lactones) is 1. The molecule has 9 nitrogen and oxygen atoms in total. The van der Waals surface area contributed by atoms with E-state index in [4.69, 9.17) is 9.84 Å². The molecule has 5 aliphatic rings. The van der Waals surface area contributed by atoms with Crippen molar-refractivity contribution in [2.24, 2.45) is 34.5 Å². The molecule has 4 aliphatic carbocycles. The number of phenolic OH excluding ortho intramolecular Hbond substituents is 1. The summed E-state index contributed by atoms with van der Waals surface area (Å²) in [5, 5.41) is 52.5. The molecule has 1 heterocycles. The zero-order valence-electron chi connectivity index (χ0n) is 22.1. The molecule has 1 aromatic rings. The van der Waals surface area contributed by atoms with Crippen LogP contribution in [-0.2, 0) is 9.53 Å². The number of rotatable bonds is 2. The van der Waals surface area contributed by atoms with E-state index in [0.717, 1.165) is 44.1 Å². The topological polar surface area (TPSA) is 150 Å². The number of fused-ring (bicyclic) bond motifs is 5. The number of nitrogens with zero attached hydrogens (tertiary/aromatic N) is 1. The molecule has 9 atom stereocenters. The molecule has 4 fully saturated rings. The van der Waals surface area contributed by atoms with Crippen molar-refractivity contribution in [2.75, 3.05) is 6.61 Å². The predicted octanol–water partition coefficient (Wildman–Crippen LogP) is 3.88. The number of carbonyl (C=O) groups excluding carboxylic acids is 1. The predicted molar refractivity (Wildman–Crippen MR) is 138 cm³/mol. The molecule has 0 unspecified atom stereocenters. The van der Waals surface area contributed by atoms with Crippen LogP contribution in [0.15, 0.2) is 35.9 Å². The highest BCUT2D eigenvalue weighted by molar-refractivity contribution is 5.85. The van der Waals surface area contributed by atoms with Gasteiger partial charge >= 0.3 is 5.97 Å². The first-order chi connectivity index (χ1) is 17.9. The summed E-state index contributed by atoms with van der Waals surface area (Å²) in [5.74, 6) is 0.690. The molecule has 1 aromatic carbocycles. The second kappa shape index (κ2) is 9.61. The fourth-order valence-corrected chi connectivity index (χ4v) is 8.94. The second-order valence-corrected chi connectivity index (χ2v) is 12.6. The maximum absolute atomic E-state index is 12.1. The Bertz CT molecular complexity index is 1120.